The van der Waals surface area contributed by atoms with Gasteiger partial charge < -0.3 is 14.7 Å². The smallest absolute Gasteiger partial charge is 0.253 e. The summed E-state index contributed by atoms with van der Waals surface area (Å²) in [5.41, 5.74) is 4.75. The minimum absolute atomic E-state index is 0.00999. The first-order valence-electron chi connectivity index (χ1n) is 15.4. The summed E-state index contributed by atoms with van der Waals surface area (Å²) in [6.07, 6.45) is 0.879. The SMILES string of the molecule is O=C(c1ccc(CSc2nc(Cl)cc(N(CCc3ccccc3)Cc3ccccc3)n2)cc1)N1CCN(c2ccccc2F)CC1. The number of rotatable bonds is 11. The zero-order valence-electron chi connectivity index (χ0n) is 25.4. The minimum Gasteiger partial charge on any atom is -0.366 e. The summed E-state index contributed by atoms with van der Waals surface area (Å²) in [4.78, 5) is 28.7. The molecule has 6 nitrogen and oxygen atoms in total. The Labute approximate surface area is 278 Å². The second kappa shape index (κ2) is 15.3. The van der Waals surface area contributed by atoms with Crippen molar-refractivity contribution >= 4 is 40.8 Å². The molecule has 0 unspecified atom stereocenters. The summed E-state index contributed by atoms with van der Waals surface area (Å²) in [5, 5.41) is 1.01. The highest BCUT2D eigenvalue weighted by atomic mass is 35.5. The Hall–Kier alpha value is -4.40. The molecule has 5 aromatic rings. The van der Waals surface area contributed by atoms with Crippen molar-refractivity contribution in [2.45, 2.75) is 23.9 Å². The van der Waals surface area contributed by atoms with Gasteiger partial charge in [-0.1, -0.05) is 108 Å². The van der Waals surface area contributed by atoms with Crippen LogP contribution in [0.3, 0.4) is 0 Å². The predicted molar refractivity (Wildman–Crippen MR) is 185 cm³/mol. The maximum atomic E-state index is 14.2. The van der Waals surface area contributed by atoms with Crippen molar-refractivity contribution < 1.29 is 9.18 Å². The molecule has 1 aliphatic rings. The molecule has 6 rings (SSSR count). The van der Waals surface area contributed by atoms with Gasteiger partial charge in [0.1, 0.15) is 16.8 Å². The van der Waals surface area contributed by atoms with Crippen LogP contribution in [0.5, 0.6) is 0 Å². The van der Waals surface area contributed by atoms with Crippen molar-refractivity contribution in [1.29, 1.82) is 0 Å². The number of hydrogen-bond acceptors (Lipinski definition) is 6. The lowest BCUT2D eigenvalue weighted by Crippen LogP contribution is -2.49. The fraction of sp³-hybridized carbons (Fsp3) is 0.216. The van der Waals surface area contributed by atoms with Gasteiger partial charge in [-0.3, -0.25) is 4.79 Å². The van der Waals surface area contributed by atoms with Gasteiger partial charge in [0.25, 0.3) is 5.91 Å². The standard InChI is InChI=1S/C37H35ClFN5OS/c38-34-25-35(44(26-29-11-5-2-6-12-29)20-19-28-9-3-1-4-10-28)41-37(40-34)46-27-30-15-17-31(18-16-30)36(45)43-23-21-42(22-24-43)33-14-8-7-13-32(33)39/h1-18,25H,19-24,26-27H2. The first kappa shape index (κ1) is 31.6. The van der Waals surface area contributed by atoms with Crippen LogP contribution in [0.25, 0.3) is 0 Å². The van der Waals surface area contributed by atoms with Crippen molar-refractivity contribution in [3.63, 3.8) is 0 Å². The van der Waals surface area contributed by atoms with E-state index in [9.17, 15) is 9.18 Å². The Morgan fingerprint density at radius 3 is 2.13 bits per heavy atom. The lowest BCUT2D eigenvalue weighted by Gasteiger charge is -2.36. The number of para-hydroxylation sites is 1. The van der Waals surface area contributed by atoms with E-state index < -0.39 is 0 Å². The highest BCUT2D eigenvalue weighted by molar-refractivity contribution is 7.98. The Morgan fingerprint density at radius 1 is 0.783 bits per heavy atom. The fourth-order valence-electron chi connectivity index (χ4n) is 5.53. The second-order valence-electron chi connectivity index (χ2n) is 11.2. The van der Waals surface area contributed by atoms with Crippen LogP contribution in [0, 0.1) is 5.82 Å². The number of carbonyl (C=O) groups is 1. The van der Waals surface area contributed by atoms with Crippen LogP contribution in [0.1, 0.15) is 27.0 Å². The Kier molecular flexibility index (Phi) is 10.5. The van der Waals surface area contributed by atoms with E-state index in [4.69, 9.17) is 16.6 Å². The highest BCUT2D eigenvalue weighted by Gasteiger charge is 2.23. The number of aromatic nitrogens is 2. The van der Waals surface area contributed by atoms with Gasteiger partial charge >= 0.3 is 0 Å². The van der Waals surface area contributed by atoms with Gasteiger partial charge in [0.05, 0.1) is 5.69 Å². The average molecular weight is 652 g/mol. The van der Waals surface area contributed by atoms with E-state index in [1.807, 2.05) is 70.5 Å². The highest BCUT2D eigenvalue weighted by Crippen LogP contribution is 2.27. The molecule has 234 valence electrons. The van der Waals surface area contributed by atoms with Crippen molar-refractivity contribution in [1.82, 2.24) is 14.9 Å². The molecule has 0 radical (unpaired) electrons. The Balaban J connectivity index is 1.08. The lowest BCUT2D eigenvalue weighted by molar-refractivity contribution is 0.0746. The lowest BCUT2D eigenvalue weighted by atomic mass is 10.1. The number of anilines is 2. The van der Waals surface area contributed by atoms with E-state index in [2.05, 4.69) is 46.3 Å². The first-order valence-corrected chi connectivity index (χ1v) is 16.8. The summed E-state index contributed by atoms with van der Waals surface area (Å²) in [5.74, 6) is 1.18. The van der Waals surface area contributed by atoms with Crippen LogP contribution >= 0.6 is 23.4 Å². The third-order valence-electron chi connectivity index (χ3n) is 8.04. The average Bonchev–Trinajstić information content (AvgIpc) is 3.10. The topological polar surface area (TPSA) is 52.6 Å². The molecule has 9 heteroatoms. The Morgan fingerprint density at radius 2 is 1.43 bits per heavy atom. The molecule has 1 fully saturated rings. The molecule has 2 heterocycles. The molecule has 0 aliphatic carbocycles. The molecule has 0 spiro atoms. The van der Waals surface area contributed by atoms with Crippen LogP contribution in [0.15, 0.2) is 120 Å². The number of benzene rings is 4. The molecule has 0 bridgehead atoms. The van der Waals surface area contributed by atoms with E-state index in [-0.39, 0.29) is 11.7 Å². The molecule has 1 aliphatic heterocycles. The third kappa shape index (κ3) is 8.24. The van der Waals surface area contributed by atoms with Crippen LogP contribution < -0.4 is 9.80 Å². The summed E-state index contributed by atoms with van der Waals surface area (Å²) in [6, 6.07) is 37.1. The number of halogens is 2. The van der Waals surface area contributed by atoms with Gasteiger partial charge in [-0.05, 0) is 47.4 Å². The summed E-state index contributed by atoms with van der Waals surface area (Å²) in [6.45, 7) is 3.77. The maximum Gasteiger partial charge on any atom is 0.253 e. The Bertz CT molecular complexity index is 1730. The van der Waals surface area contributed by atoms with Crippen molar-refractivity contribution in [2.24, 2.45) is 0 Å². The molecule has 0 saturated carbocycles. The molecule has 1 saturated heterocycles. The molecule has 1 amide bonds. The van der Waals surface area contributed by atoms with Gasteiger partial charge in [0, 0.05) is 56.7 Å². The van der Waals surface area contributed by atoms with Gasteiger partial charge in [-0.25, -0.2) is 14.4 Å². The zero-order valence-corrected chi connectivity index (χ0v) is 27.0. The monoisotopic (exact) mass is 651 g/mol. The first-order chi connectivity index (χ1) is 22.5. The van der Waals surface area contributed by atoms with Crippen molar-refractivity contribution in [3.05, 3.63) is 148 Å². The number of piperazine rings is 1. The van der Waals surface area contributed by atoms with Gasteiger partial charge in [-0.2, -0.15) is 0 Å². The quantitative estimate of drug-likeness (QED) is 0.0826. The van der Waals surface area contributed by atoms with E-state index in [1.165, 1.54) is 29.0 Å². The second-order valence-corrected chi connectivity index (χ2v) is 12.5. The number of hydrogen-bond donors (Lipinski definition) is 0. The molecule has 46 heavy (non-hydrogen) atoms. The summed E-state index contributed by atoms with van der Waals surface area (Å²) < 4.78 is 14.2. The number of amides is 1. The molecular weight excluding hydrogens is 617 g/mol. The van der Waals surface area contributed by atoms with Crippen molar-refractivity contribution in [2.75, 3.05) is 42.5 Å². The maximum absolute atomic E-state index is 14.2. The van der Waals surface area contributed by atoms with Crippen LogP contribution in [-0.2, 0) is 18.7 Å². The predicted octanol–water partition coefficient (Wildman–Crippen LogP) is 7.77. The molecule has 1 aromatic heterocycles. The van der Waals surface area contributed by atoms with Crippen LogP contribution in [-0.4, -0.2) is 53.5 Å². The van der Waals surface area contributed by atoms with Gasteiger partial charge in [-0.15, -0.1) is 0 Å². The van der Waals surface area contributed by atoms with Gasteiger partial charge in [0.2, 0.25) is 0 Å². The number of carbonyl (C=O) groups excluding carboxylic acids is 1. The normalized spacial score (nSPS) is 13.1. The minimum atomic E-state index is -0.234. The summed E-state index contributed by atoms with van der Waals surface area (Å²) >= 11 is 8.04. The summed E-state index contributed by atoms with van der Waals surface area (Å²) in [7, 11) is 0. The molecule has 0 atom stereocenters. The molecular formula is C37H35ClFN5OS. The largest absolute Gasteiger partial charge is 0.366 e. The van der Waals surface area contributed by atoms with Crippen LogP contribution in [0.2, 0.25) is 5.15 Å². The molecule has 0 N–H and O–H groups in total. The van der Waals surface area contributed by atoms with Gasteiger partial charge in [0.15, 0.2) is 5.16 Å². The van der Waals surface area contributed by atoms with Crippen molar-refractivity contribution in [3.8, 4) is 0 Å². The fourth-order valence-corrected chi connectivity index (χ4v) is 6.57. The zero-order chi connectivity index (χ0) is 31.7. The van der Waals surface area contributed by atoms with E-state index in [1.54, 1.807) is 12.1 Å². The molecule has 4 aromatic carbocycles. The van der Waals surface area contributed by atoms with Crippen LogP contribution in [0.4, 0.5) is 15.9 Å². The number of nitrogens with zero attached hydrogens (tertiary/aromatic N) is 5. The van der Waals surface area contributed by atoms with E-state index in [0.717, 1.165) is 24.3 Å². The third-order valence-corrected chi connectivity index (χ3v) is 9.16. The van der Waals surface area contributed by atoms with E-state index >= 15 is 0 Å². The van der Waals surface area contributed by atoms with E-state index in [0.29, 0.717) is 60.0 Å². The number of thioether (sulfide) groups is 1.